The maximum Gasteiger partial charge on any atom is 0.220 e. The van der Waals surface area contributed by atoms with Crippen LogP contribution in [0.4, 0.5) is 0 Å². The highest BCUT2D eigenvalue weighted by Gasteiger charge is 2.10. The Balaban J connectivity index is 1.65. The van der Waals surface area contributed by atoms with Crippen LogP contribution >= 0.6 is 0 Å². The van der Waals surface area contributed by atoms with Crippen LogP contribution in [-0.4, -0.2) is 23.2 Å². The molecule has 2 aromatic rings. The Morgan fingerprint density at radius 1 is 1.09 bits per heavy atom. The quantitative estimate of drug-likeness (QED) is 0.602. The SMILES string of the molecule is Cc1ccccc1C(=O)CCC(=O)NCCCc1cccnc1. The summed E-state index contributed by atoms with van der Waals surface area (Å²) in [5, 5.41) is 2.86. The Morgan fingerprint density at radius 3 is 2.65 bits per heavy atom. The average molecular weight is 310 g/mol. The van der Waals surface area contributed by atoms with Crippen molar-refractivity contribution in [2.24, 2.45) is 0 Å². The number of nitrogens with one attached hydrogen (secondary N) is 1. The van der Waals surface area contributed by atoms with E-state index >= 15 is 0 Å². The molecule has 1 heterocycles. The fourth-order valence-corrected chi connectivity index (χ4v) is 2.40. The summed E-state index contributed by atoms with van der Waals surface area (Å²) >= 11 is 0. The van der Waals surface area contributed by atoms with Crippen molar-refractivity contribution >= 4 is 11.7 Å². The highest BCUT2D eigenvalue weighted by Crippen LogP contribution is 2.10. The molecule has 1 amide bonds. The van der Waals surface area contributed by atoms with Gasteiger partial charge in [0.1, 0.15) is 0 Å². The van der Waals surface area contributed by atoms with Gasteiger partial charge in [-0.3, -0.25) is 14.6 Å². The molecule has 0 aliphatic carbocycles. The number of hydrogen-bond donors (Lipinski definition) is 1. The minimum absolute atomic E-state index is 0.0219. The number of ketones is 1. The molecule has 0 aliphatic heterocycles. The van der Waals surface area contributed by atoms with E-state index in [9.17, 15) is 9.59 Å². The van der Waals surface area contributed by atoms with Gasteiger partial charge in [-0.05, 0) is 37.0 Å². The van der Waals surface area contributed by atoms with E-state index in [1.165, 1.54) is 0 Å². The second-order valence-electron chi connectivity index (χ2n) is 5.55. The molecule has 4 nitrogen and oxygen atoms in total. The zero-order valence-corrected chi connectivity index (χ0v) is 13.4. The van der Waals surface area contributed by atoms with Crippen molar-refractivity contribution in [3.05, 3.63) is 65.5 Å². The minimum atomic E-state index is -0.0712. The normalized spacial score (nSPS) is 10.3. The average Bonchev–Trinajstić information content (AvgIpc) is 2.58. The van der Waals surface area contributed by atoms with Gasteiger partial charge in [0.2, 0.25) is 5.91 Å². The van der Waals surface area contributed by atoms with Crippen LogP contribution in [0, 0.1) is 6.92 Å². The maximum absolute atomic E-state index is 12.1. The molecule has 4 heteroatoms. The fourth-order valence-electron chi connectivity index (χ4n) is 2.40. The molecule has 0 atom stereocenters. The van der Waals surface area contributed by atoms with Crippen LogP contribution < -0.4 is 5.32 Å². The van der Waals surface area contributed by atoms with Gasteiger partial charge < -0.3 is 5.32 Å². The maximum atomic E-state index is 12.1. The summed E-state index contributed by atoms with van der Waals surface area (Å²) in [7, 11) is 0. The summed E-state index contributed by atoms with van der Waals surface area (Å²) < 4.78 is 0. The lowest BCUT2D eigenvalue weighted by molar-refractivity contribution is -0.121. The Hall–Kier alpha value is -2.49. The number of pyridine rings is 1. The molecule has 1 aromatic carbocycles. The van der Waals surface area contributed by atoms with Gasteiger partial charge in [0, 0.05) is 37.3 Å². The van der Waals surface area contributed by atoms with Gasteiger partial charge >= 0.3 is 0 Å². The lowest BCUT2D eigenvalue weighted by Crippen LogP contribution is -2.25. The third-order valence-electron chi connectivity index (χ3n) is 3.71. The lowest BCUT2D eigenvalue weighted by atomic mass is 10.0. The smallest absolute Gasteiger partial charge is 0.220 e. The summed E-state index contributed by atoms with van der Waals surface area (Å²) in [6.45, 7) is 2.53. The van der Waals surface area contributed by atoms with Crippen molar-refractivity contribution in [1.82, 2.24) is 10.3 Å². The molecule has 0 saturated carbocycles. The van der Waals surface area contributed by atoms with Crippen LogP contribution in [0.2, 0.25) is 0 Å². The van der Waals surface area contributed by atoms with E-state index in [1.54, 1.807) is 6.20 Å². The number of aryl methyl sites for hydroxylation is 2. The van der Waals surface area contributed by atoms with E-state index in [1.807, 2.05) is 49.5 Å². The number of amides is 1. The van der Waals surface area contributed by atoms with Crippen molar-refractivity contribution in [2.45, 2.75) is 32.6 Å². The number of carbonyl (C=O) groups excluding carboxylic acids is 2. The first kappa shape index (κ1) is 16.9. The van der Waals surface area contributed by atoms with Gasteiger partial charge in [-0.1, -0.05) is 30.3 Å². The predicted octanol–water partition coefficient (Wildman–Crippen LogP) is 3.10. The van der Waals surface area contributed by atoms with Crippen molar-refractivity contribution in [3.8, 4) is 0 Å². The van der Waals surface area contributed by atoms with Gasteiger partial charge in [0.25, 0.3) is 0 Å². The number of nitrogens with zero attached hydrogens (tertiary/aromatic N) is 1. The van der Waals surface area contributed by atoms with Gasteiger partial charge in [-0.15, -0.1) is 0 Å². The van der Waals surface area contributed by atoms with E-state index < -0.39 is 0 Å². The Kier molecular flexibility index (Phi) is 6.48. The van der Waals surface area contributed by atoms with Gasteiger partial charge in [-0.25, -0.2) is 0 Å². The lowest BCUT2D eigenvalue weighted by Gasteiger charge is -2.06. The van der Waals surface area contributed by atoms with Crippen LogP contribution in [0.25, 0.3) is 0 Å². The summed E-state index contributed by atoms with van der Waals surface area (Å²) in [6.07, 6.45) is 5.82. The minimum Gasteiger partial charge on any atom is -0.356 e. The molecule has 0 unspecified atom stereocenters. The van der Waals surface area contributed by atoms with E-state index in [0.717, 1.165) is 24.0 Å². The molecule has 0 spiro atoms. The number of aromatic nitrogens is 1. The Morgan fingerprint density at radius 2 is 1.91 bits per heavy atom. The summed E-state index contributed by atoms with van der Waals surface area (Å²) in [5.74, 6) is -0.0493. The molecule has 0 radical (unpaired) electrons. The second-order valence-corrected chi connectivity index (χ2v) is 5.55. The first-order valence-electron chi connectivity index (χ1n) is 7.91. The van der Waals surface area contributed by atoms with Crippen molar-refractivity contribution in [2.75, 3.05) is 6.54 Å². The third-order valence-corrected chi connectivity index (χ3v) is 3.71. The number of rotatable bonds is 8. The molecule has 0 fully saturated rings. The Bertz CT molecular complexity index is 653. The van der Waals surface area contributed by atoms with Crippen molar-refractivity contribution in [1.29, 1.82) is 0 Å². The zero-order valence-electron chi connectivity index (χ0n) is 13.4. The van der Waals surface area contributed by atoms with E-state index in [2.05, 4.69) is 10.3 Å². The monoisotopic (exact) mass is 310 g/mol. The third kappa shape index (κ3) is 5.66. The first-order chi connectivity index (χ1) is 11.2. The molecular formula is C19H22N2O2. The van der Waals surface area contributed by atoms with Crippen LogP contribution in [0.15, 0.2) is 48.8 Å². The molecule has 120 valence electrons. The van der Waals surface area contributed by atoms with E-state index in [4.69, 9.17) is 0 Å². The van der Waals surface area contributed by atoms with Gasteiger partial charge in [0.15, 0.2) is 5.78 Å². The standard InChI is InChI=1S/C19H22N2O2/c1-15-6-2-3-9-17(15)18(22)10-11-19(23)21-13-5-8-16-7-4-12-20-14-16/h2-4,6-7,9,12,14H,5,8,10-11,13H2,1H3,(H,21,23). The largest absolute Gasteiger partial charge is 0.356 e. The van der Waals surface area contributed by atoms with Crippen molar-refractivity contribution < 1.29 is 9.59 Å². The van der Waals surface area contributed by atoms with E-state index in [-0.39, 0.29) is 24.5 Å². The number of benzene rings is 1. The number of carbonyl (C=O) groups is 2. The summed E-state index contributed by atoms with van der Waals surface area (Å²) in [4.78, 5) is 28.0. The number of hydrogen-bond acceptors (Lipinski definition) is 3. The van der Waals surface area contributed by atoms with Crippen LogP contribution in [0.3, 0.4) is 0 Å². The molecule has 2 rings (SSSR count). The molecule has 0 saturated heterocycles. The van der Waals surface area contributed by atoms with Crippen molar-refractivity contribution in [3.63, 3.8) is 0 Å². The molecule has 0 bridgehead atoms. The zero-order chi connectivity index (χ0) is 16.5. The molecule has 1 N–H and O–H groups in total. The summed E-state index contributed by atoms with van der Waals surface area (Å²) in [6, 6.07) is 11.4. The summed E-state index contributed by atoms with van der Waals surface area (Å²) in [5.41, 5.74) is 2.82. The van der Waals surface area contributed by atoms with Gasteiger partial charge in [0.05, 0.1) is 0 Å². The number of Topliss-reactive ketones (excluding diaryl/α,β-unsaturated/α-hetero) is 1. The van der Waals surface area contributed by atoms with E-state index in [0.29, 0.717) is 12.1 Å². The highest BCUT2D eigenvalue weighted by molar-refractivity contribution is 5.99. The second kappa shape index (κ2) is 8.83. The topological polar surface area (TPSA) is 59.1 Å². The van der Waals surface area contributed by atoms with Gasteiger partial charge in [-0.2, -0.15) is 0 Å². The fraction of sp³-hybridized carbons (Fsp3) is 0.316. The predicted molar refractivity (Wildman–Crippen MR) is 90.3 cm³/mol. The molecular weight excluding hydrogens is 288 g/mol. The molecule has 1 aromatic heterocycles. The molecule has 0 aliphatic rings. The Labute approximate surface area is 137 Å². The van der Waals surface area contributed by atoms with Crippen LogP contribution in [0.1, 0.15) is 40.7 Å². The highest BCUT2D eigenvalue weighted by atomic mass is 16.2. The van der Waals surface area contributed by atoms with Crippen LogP contribution in [-0.2, 0) is 11.2 Å². The van der Waals surface area contributed by atoms with Crippen LogP contribution in [0.5, 0.6) is 0 Å². The first-order valence-corrected chi connectivity index (χ1v) is 7.91. The molecule has 23 heavy (non-hydrogen) atoms.